The summed E-state index contributed by atoms with van der Waals surface area (Å²) in [5.74, 6) is -0.135. The summed E-state index contributed by atoms with van der Waals surface area (Å²) in [5, 5.41) is 4.91. The van der Waals surface area contributed by atoms with Crippen LogP contribution in [0.5, 0.6) is 0 Å². The quantitative estimate of drug-likeness (QED) is 0.804. The zero-order valence-electron chi connectivity index (χ0n) is 11.2. The number of carbonyl (C=O) groups excluding carboxylic acids is 1. The van der Waals surface area contributed by atoms with Crippen LogP contribution < -0.4 is 5.32 Å². The number of rotatable bonds is 4. The number of nitrogens with one attached hydrogen (secondary N) is 1. The third-order valence-corrected chi connectivity index (χ3v) is 3.90. The second kappa shape index (κ2) is 6.28. The molecular formula is C16H13N3OS. The van der Waals surface area contributed by atoms with Crippen LogP contribution in [0.15, 0.2) is 60.5 Å². The Labute approximate surface area is 126 Å². The van der Waals surface area contributed by atoms with Gasteiger partial charge in [-0.05, 0) is 35.2 Å². The van der Waals surface area contributed by atoms with E-state index in [9.17, 15) is 4.79 Å². The molecule has 0 radical (unpaired) electrons. The normalized spacial score (nSPS) is 10.3. The molecule has 3 rings (SSSR count). The SMILES string of the molecule is O=C(NCc1cncc(-c2cccs2)c1)c1cccnc1. The molecule has 0 saturated heterocycles. The molecule has 3 aromatic rings. The predicted octanol–water partition coefficient (Wildman–Crippen LogP) is 3.14. The average Bonchev–Trinajstić information content (AvgIpc) is 3.08. The molecule has 4 nitrogen and oxygen atoms in total. The smallest absolute Gasteiger partial charge is 0.253 e. The van der Waals surface area contributed by atoms with Crippen molar-refractivity contribution in [3.05, 3.63) is 71.6 Å². The molecule has 0 saturated carbocycles. The molecule has 0 aliphatic rings. The van der Waals surface area contributed by atoms with E-state index in [0.29, 0.717) is 12.1 Å². The highest BCUT2D eigenvalue weighted by Gasteiger charge is 2.06. The number of thiophene rings is 1. The third kappa shape index (κ3) is 3.32. The van der Waals surface area contributed by atoms with Crippen molar-refractivity contribution in [3.8, 4) is 10.4 Å². The lowest BCUT2D eigenvalue weighted by atomic mass is 10.1. The Morgan fingerprint density at radius 1 is 1.14 bits per heavy atom. The first-order chi connectivity index (χ1) is 10.3. The summed E-state index contributed by atoms with van der Waals surface area (Å²) in [6.07, 6.45) is 6.79. The molecule has 0 unspecified atom stereocenters. The molecule has 3 heterocycles. The number of carbonyl (C=O) groups is 1. The minimum Gasteiger partial charge on any atom is -0.348 e. The molecule has 0 aliphatic carbocycles. The fourth-order valence-electron chi connectivity index (χ4n) is 1.94. The lowest BCUT2D eigenvalue weighted by Gasteiger charge is -2.06. The van der Waals surface area contributed by atoms with E-state index in [-0.39, 0.29) is 5.91 Å². The standard InChI is InChI=1S/C16H13N3OS/c20-16(13-3-1-5-17-10-13)19-9-12-7-14(11-18-8-12)15-4-2-6-21-15/h1-8,10-11H,9H2,(H,19,20). The maximum atomic E-state index is 12.0. The van der Waals surface area contributed by atoms with Gasteiger partial charge in [0.25, 0.3) is 5.91 Å². The van der Waals surface area contributed by atoms with Gasteiger partial charge in [0.1, 0.15) is 0 Å². The first-order valence-corrected chi connectivity index (χ1v) is 7.37. The summed E-state index contributed by atoms with van der Waals surface area (Å²) in [7, 11) is 0. The van der Waals surface area contributed by atoms with Gasteiger partial charge in [-0.2, -0.15) is 0 Å². The predicted molar refractivity (Wildman–Crippen MR) is 83.0 cm³/mol. The Bertz CT molecular complexity index is 726. The van der Waals surface area contributed by atoms with Crippen molar-refractivity contribution in [2.75, 3.05) is 0 Å². The van der Waals surface area contributed by atoms with Crippen LogP contribution in [-0.4, -0.2) is 15.9 Å². The van der Waals surface area contributed by atoms with Gasteiger partial charge in [0, 0.05) is 41.8 Å². The molecule has 1 amide bonds. The first-order valence-electron chi connectivity index (χ1n) is 6.49. The summed E-state index contributed by atoms with van der Waals surface area (Å²) in [6.45, 7) is 0.444. The Morgan fingerprint density at radius 2 is 2.10 bits per heavy atom. The van der Waals surface area contributed by atoms with Crippen LogP contribution in [-0.2, 0) is 6.54 Å². The van der Waals surface area contributed by atoms with Gasteiger partial charge >= 0.3 is 0 Å². The minimum absolute atomic E-state index is 0.135. The molecular weight excluding hydrogens is 282 g/mol. The van der Waals surface area contributed by atoms with E-state index in [1.165, 1.54) is 4.88 Å². The molecule has 3 aromatic heterocycles. The van der Waals surface area contributed by atoms with E-state index in [0.717, 1.165) is 11.1 Å². The van der Waals surface area contributed by atoms with E-state index in [1.54, 1.807) is 42.1 Å². The molecule has 0 fully saturated rings. The highest BCUT2D eigenvalue weighted by molar-refractivity contribution is 7.13. The molecule has 5 heteroatoms. The number of aromatic nitrogens is 2. The molecule has 0 bridgehead atoms. The van der Waals surface area contributed by atoms with Gasteiger partial charge in [0.05, 0.1) is 5.56 Å². The second-order valence-corrected chi connectivity index (χ2v) is 5.43. The molecule has 0 aromatic carbocycles. The largest absolute Gasteiger partial charge is 0.348 e. The van der Waals surface area contributed by atoms with Crippen LogP contribution >= 0.6 is 11.3 Å². The van der Waals surface area contributed by atoms with Crippen LogP contribution in [0.4, 0.5) is 0 Å². The van der Waals surface area contributed by atoms with Crippen molar-refractivity contribution in [1.82, 2.24) is 15.3 Å². The fraction of sp³-hybridized carbons (Fsp3) is 0.0625. The van der Waals surface area contributed by atoms with E-state index in [1.807, 2.05) is 23.7 Å². The molecule has 0 aliphatic heterocycles. The van der Waals surface area contributed by atoms with Gasteiger partial charge in [-0.1, -0.05) is 6.07 Å². The molecule has 0 spiro atoms. The minimum atomic E-state index is -0.135. The zero-order chi connectivity index (χ0) is 14.5. The first kappa shape index (κ1) is 13.5. The summed E-state index contributed by atoms with van der Waals surface area (Å²) >= 11 is 1.67. The van der Waals surface area contributed by atoms with Gasteiger partial charge in [-0.15, -0.1) is 11.3 Å². The Hall–Kier alpha value is -2.53. The van der Waals surface area contributed by atoms with Crippen LogP contribution in [0.1, 0.15) is 15.9 Å². The third-order valence-electron chi connectivity index (χ3n) is 2.98. The van der Waals surface area contributed by atoms with E-state index >= 15 is 0 Å². The Balaban J connectivity index is 1.69. The van der Waals surface area contributed by atoms with E-state index in [4.69, 9.17) is 0 Å². The Kier molecular flexibility index (Phi) is 4.02. The van der Waals surface area contributed by atoms with Gasteiger partial charge in [-0.25, -0.2) is 0 Å². The number of hydrogen-bond donors (Lipinski definition) is 1. The number of nitrogens with zero attached hydrogens (tertiary/aromatic N) is 2. The van der Waals surface area contributed by atoms with Gasteiger partial charge in [0.15, 0.2) is 0 Å². The topological polar surface area (TPSA) is 54.9 Å². The monoisotopic (exact) mass is 295 g/mol. The highest BCUT2D eigenvalue weighted by atomic mass is 32.1. The second-order valence-electron chi connectivity index (χ2n) is 4.48. The van der Waals surface area contributed by atoms with Crippen molar-refractivity contribution >= 4 is 17.2 Å². The maximum Gasteiger partial charge on any atom is 0.253 e. The van der Waals surface area contributed by atoms with Crippen molar-refractivity contribution in [2.24, 2.45) is 0 Å². The van der Waals surface area contributed by atoms with Crippen LogP contribution in [0, 0.1) is 0 Å². The average molecular weight is 295 g/mol. The summed E-state index contributed by atoms with van der Waals surface area (Å²) in [4.78, 5) is 21.3. The van der Waals surface area contributed by atoms with Crippen molar-refractivity contribution in [2.45, 2.75) is 6.54 Å². The lowest BCUT2D eigenvalue weighted by molar-refractivity contribution is 0.0950. The van der Waals surface area contributed by atoms with Crippen LogP contribution in [0.3, 0.4) is 0 Å². The number of amides is 1. The Morgan fingerprint density at radius 3 is 2.86 bits per heavy atom. The van der Waals surface area contributed by atoms with Gasteiger partial charge in [-0.3, -0.25) is 14.8 Å². The zero-order valence-corrected chi connectivity index (χ0v) is 12.0. The summed E-state index contributed by atoms with van der Waals surface area (Å²) < 4.78 is 0. The molecule has 104 valence electrons. The molecule has 21 heavy (non-hydrogen) atoms. The van der Waals surface area contributed by atoms with E-state index in [2.05, 4.69) is 21.4 Å². The molecule has 1 N–H and O–H groups in total. The van der Waals surface area contributed by atoms with Crippen molar-refractivity contribution in [1.29, 1.82) is 0 Å². The molecule has 0 atom stereocenters. The van der Waals surface area contributed by atoms with Crippen molar-refractivity contribution < 1.29 is 4.79 Å². The van der Waals surface area contributed by atoms with Gasteiger partial charge in [0.2, 0.25) is 0 Å². The van der Waals surface area contributed by atoms with Crippen LogP contribution in [0.2, 0.25) is 0 Å². The lowest BCUT2D eigenvalue weighted by Crippen LogP contribution is -2.22. The van der Waals surface area contributed by atoms with Crippen molar-refractivity contribution in [3.63, 3.8) is 0 Å². The number of pyridine rings is 2. The van der Waals surface area contributed by atoms with Crippen LogP contribution in [0.25, 0.3) is 10.4 Å². The van der Waals surface area contributed by atoms with E-state index < -0.39 is 0 Å². The summed E-state index contributed by atoms with van der Waals surface area (Å²) in [5.41, 5.74) is 2.59. The fourth-order valence-corrected chi connectivity index (χ4v) is 2.65. The highest BCUT2D eigenvalue weighted by Crippen LogP contribution is 2.24. The summed E-state index contributed by atoms with van der Waals surface area (Å²) in [6, 6.07) is 9.59. The van der Waals surface area contributed by atoms with Gasteiger partial charge < -0.3 is 5.32 Å². The maximum absolute atomic E-state index is 12.0. The number of hydrogen-bond acceptors (Lipinski definition) is 4.